The second-order valence-corrected chi connectivity index (χ2v) is 4.10. The summed E-state index contributed by atoms with van der Waals surface area (Å²) in [4.78, 5) is 7.23. The summed E-state index contributed by atoms with van der Waals surface area (Å²) in [7, 11) is 0. The van der Waals surface area contributed by atoms with Gasteiger partial charge in [-0.05, 0) is 25.3 Å². The number of nitrogens with zero attached hydrogens (tertiary/aromatic N) is 1. The van der Waals surface area contributed by atoms with Crippen LogP contribution in [-0.4, -0.2) is 16.5 Å². The van der Waals surface area contributed by atoms with Gasteiger partial charge < -0.3 is 16.0 Å². The highest BCUT2D eigenvalue weighted by Crippen LogP contribution is 2.13. The van der Waals surface area contributed by atoms with Crippen LogP contribution < -0.4 is 11.1 Å². The summed E-state index contributed by atoms with van der Waals surface area (Å²) in [5.74, 6) is 2.21. The van der Waals surface area contributed by atoms with Gasteiger partial charge >= 0.3 is 0 Å². The number of anilines is 2. The Morgan fingerprint density at radius 1 is 1.29 bits per heavy atom. The minimum atomic E-state index is 0.613. The minimum Gasteiger partial charge on any atom is -0.382 e. The van der Waals surface area contributed by atoms with E-state index < -0.39 is 0 Å². The number of aromatic nitrogens is 2. The third-order valence-corrected chi connectivity index (χ3v) is 2.63. The van der Waals surface area contributed by atoms with E-state index in [9.17, 15) is 0 Å². The van der Waals surface area contributed by atoms with Gasteiger partial charge in [0.2, 0.25) is 0 Å². The van der Waals surface area contributed by atoms with Crippen LogP contribution in [0.2, 0.25) is 0 Å². The van der Waals surface area contributed by atoms with Gasteiger partial charge in [-0.2, -0.15) is 0 Å². The molecule has 17 heavy (non-hydrogen) atoms. The van der Waals surface area contributed by atoms with E-state index in [0.717, 1.165) is 31.0 Å². The van der Waals surface area contributed by atoms with Crippen LogP contribution in [0, 0.1) is 6.92 Å². The molecule has 4 N–H and O–H groups in total. The summed E-state index contributed by atoms with van der Waals surface area (Å²) < 4.78 is 0. The Morgan fingerprint density at radius 2 is 2.06 bits per heavy atom. The molecule has 0 aliphatic rings. The normalized spacial score (nSPS) is 10.4. The van der Waals surface area contributed by atoms with Crippen molar-refractivity contribution in [3.63, 3.8) is 0 Å². The monoisotopic (exact) mass is 230 g/mol. The lowest BCUT2D eigenvalue weighted by Gasteiger charge is -2.04. The second kappa shape index (κ2) is 5.39. The second-order valence-electron chi connectivity index (χ2n) is 4.10. The molecule has 1 aromatic heterocycles. The number of nitrogen functional groups attached to an aromatic ring is 1. The predicted molar refractivity (Wildman–Crippen MR) is 71.0 cm³/mol. The number of benzene rings is 1. The van der Waals surface area contributed by atoms with Crippen molar-refractivity contribution < 1.29 is 0 Å². The summed E-state index contributed by atoms with van der Waals surface area (Å²) >= 11 is 0. The van der Waals surface area contributed by atoms with Crippen LogP contribution in [0.15, 0.2) is 30.3 Å². The van der Waals surface area contributed by atoms with Crippen molar-refractivity contribution in [1.29, 1.82) is 0 Å². The molecule has 1 aromatic carbocycles. The number of aromatic amines is 1. The van der Waals surface area contributed by atoms with E-state index in [1.165, 1.54) is 5.56 Å². The fourth-order valence-electron chi connectivity index (χ4n) is 1.79. The van der Waals surface area contributed by atoms with Crippen molar-refractivity contribution in [2.24, 2.45) is 0 Å². The molecule has 0 bridgehead atoms. The van der Waals surface area contributed by atoms with Crippen LogP contribution in [0.1, 0.15) is 17.8 Å². The standard InChI is InChI=1S/C13H18N4/c1-10-16-12(14)13(17-10)15-9-5-8-11-6-3-2-4-7-11/h2-4,6-7,15H,5,8-9,14H2,1H3,(H,16,17). The number of H-pyrrole nitrogens is 1. The average Bonchev–Trinajstić information content (AvgIpc) is 2.65. The molecule has 4 heteroatoms. The van der Waals surface area contributed by atoms with Crippen molar-refractivity contribution in [2.75, 3.05) is 17.6 Å². The summed E-state index contributed by atoms with van der Waals surface area (Å²) in [6.07, 6.45) is 2.13. The smallest absolute Gasteiger partial charge is 0.168 e. The molecule has 0 aliphatic carbocycles. The van der Waals surface area contributed by atoms with Crippen LogP contribution in [0.25, 0.3) is 0 Å². The summed E-state index contributed by atoms with van der Waals surface area (Å²) in [6.45, 7) is 2.77. The van der Waals surface area contributed by atoms with Crippen LogP contribution in [-0.2, 0) is 6.42 Å². The Morgan fingerprint density at radius 3 is 2.71 bits per heavy atom. The van der Waals surface area contributed by atoms with Gasteiger partial charge in [0.1, 0.15) is 11.6 Å². The largest absolute Gasteiger partial charge is 0.382 e. The molecular weight excluding hydrogens is 212 g/mol. The highest BCUT2D eigenvalue weighted by Gasteiger charge is 2.02. The average molecular weight is 230 g/mol. The minimum absolute atomic E-state index is 0.613. The quantitative estimate of drug-likeness (QED) is 0.691. The number of rotatable bonds is 5. The fourth-order valence-corrected chi connectivity index (χ4v) is 1.79. The van der Waals surface area contributed by atoms with Crippen LogP contribution in [0.4, 0.5) is 11.6 Å². The maximum absolute atomic E-state index is 5.75. The first kappa shape index (κ1) is 11.5. The van der Waals surface area contributed by atoms with Crippen molar-refractivity contribution in [1.82, 2.24) is 9.97 Å². The Bertz CT molecular complexity index is 462. The highest BCUT2D eigenvalue weighted by atomic mass is 15.1. The van der Waals surface area contributed by atoms with Crippen molar-refractivity contribution in [2.45, 2.75) is 19.8 Å². The molecule has 0 atom stereocenters. The molecule has 2 aromatic rings. The lowest BCUT2D eigenvalue weighted by Crippen LogP contribution is -2.05. The van der Waals surface area contributed by atoms with Gasteiger partial charge in [-0.3, -0.25) is 0 Å². The molecule has 90 valence electrons. The third kappa shape index (κ3) is 3.24. The number of imidazole rings is 1. The summed E-state index contributed by atoms with van der Waals surface area (Å²) in [5, 5.41) is 3.24. The maximum Gasteiger partial charge on any atom is 0.168 e. The molecule has 1 heterocycles. The summed E-state index contributed by atoms with van der Waals surface area (Å²) in [6, 6.07) is 10.5. The highest BCUT2D eigenvalue weighted by molar-refractivity contribution is 5.56. The zero-order valence-corrected chi connectivity index (χ0v) is 10.0. The molecule has 0 radical (unpaired) electrons. The zero-order chi connectivity index (χ0) is 12.1. The van der Waals surface area contributed by atoms with E-state index in [0.29, 0.717) is 5.82 Å². The van der Waals surface area contributed by atoms with Gasteiger partial charge in [-0.25, -0.2) is 4.98 Å². The Balaban J connectivity index is 1.75. The first-order chi connectivity index (χ1) is 8.25. The zero-order valence-electron chi connectivity index (χ0n) is 10.0. The molecule has 4 nitrogen and oxygen atoms in total. The topological polar surface area (TPSA) is 66.7 Å². The Hall–Kier alpha value is -1.97. The van der Waals surface area contributed by atoms with Gasteiger partial charge in [-0.1, -0.05) is 30.3 Å². The molecular formula is C13H18N4. The number of nitrogens with one attached hydrogen (secondary N) is 2. The fraction of sp³-hybridized carbons (Fsp3) is 0.308. The molecule has 0 amide bonds. The van der Waals surface area contributed by atoms with E-state index in [2.05, 4.69) is 39.6 Å². The van der Waals surface area contributed by atoms with E-state index in [-0.39, 0.29) is 0 Å². The van der Waals surface area contributed by atoms with Gasteiger partial charge in [0, 0.05) is 6.54 Å². The summed E-state index contributed by atoms with van der Waals surface area (Å²) in [5.41, 5.74) is 7.12. The van der Waals surface area contributed by atoms with Crippen LogP contribution in [0.5, 0.6) is 0 Å². The van der Waals surface area contributed by atoms with Crippen LogP contribution >= 0.6 is 0 Å². The lowest BCUT2D eigenvalue weighted by atomic mass is 10.1. The molecule has 0 spiro atoms. The lowest BCUT2D eigenvalue weighted by molar-refractivity contribution is 0.860. The number of hydrogen-bond acceptors (Lipinski definition) is 3. The predicted octanol–water partition coefficient (Wildman–Crippen LogP) is 2.35. The number of aryl methyl sites for hydroxylation is 2. The van der Waals surface area contributed by atoms with E-state index >= 15 is 0 Å². The molecule has 0 aliphatic heterocycles. The molecule has 0 unspecified atom stereocenters. The van der Waals surface area contributed by atoms with E-state index in [4.69, 9.17) is 5.73 Å². The number of hydrogen-bond donors (Lipinski definition) is 3. The van der Waals surface area contributed by atoms with Crippen molar-refractivity contribution in [3.8, 4) is 0 Å². The van der Waals surface area contributed by atoms with Gasteiger partial charge in [-0.15, -0.1) is 0 Å². The van der Waals surface area contributed by atoms with Gasteiger partial charge in [0.15, 0.2) is 5.82 Å². The molecule has 0 saturated carbocycles. The first-order valence-corrected chi connectivity index (χ1v) is 5.85. The third-order valence-electron chi connectivity index (χ3n) is 2.63. The SMILES string of the molecule is Cc1nc(NCCCc2ccccc2)c(N)[nH]1. The van der Waals surface area contributed by atoms with Gasteiger partial charge in [0.05, 0.1) is 0 Å². The Labute approximate surface area is 101 Å². The molecule has 0 saturated heterocycles. The van der Waals surface area contributed by atoms with Gasteiger partial charge in [0.25, 0.3) is 0 Å². The van der Waals surface area contributed by atoms with E-state index in [1.54, 1.807) is 0 Å². The van der Waals surface area contributed by atoms with Crippen molar-refractivity contribution >= 4 is 11.6 Å². The van der Waals surface area contributed by atoms with Crippen molar-refractivity contribution in [3.05, 3.63) is 41.7 Å². The van der Waals surface area contributed by atoms with E-state index in [1.807, 2.05) is 13.0 Å². The first-order valence-electron chi connectivity index (χ1n) is 5.85. The number of nitrogens with two attached hydrogens (primary N) is 1. The molecule has 2 rings (SSSR count). The Kier molecular flexibility index (Phi) is 3.65. The van der Waals surface area contributed by atoms with Crippen LogP contribution in [0.3, 0.4) is 0 Å². The molecule has 0 fully saturated rings. The maximum atomic E-state index is 5.75.